The zero-order valence-corrected chi connectivity index (χ0v) is 11.3. The van der Waals surface area contributed by atoms with Gasteiger partial charge in [0.25, 0.3) is 0 Å². The highest BCUT2D eigenvalue weighted by atomic mass is 31.1. The summed E-state index contributed by atoms with van der Waals surface area (Å²) in [6, 6.07) is -0.609. The number of carbonyl (C=O) groups excluding carboxylic acids is 1. The zero-order chi connectivity index (χ0) is 13.0. The molecule has 1 amide bonds. The molecule has 1 aliphatic carbocycles. The van der Waals surface area contributed by atoms with Crippen LogP contribution in [0.3, 0.4) is 0 Å². The molecule has 1 fully saturated rings. The molecule has 0 aromatic rings. The van der Waals surface area contributed by atoms with Crippen LogP contribution in [-0.2, 0) is 4.79 Å². The van der Waals surface area contributed by atoms with E-state index in [9.17, 15) is 20.1 Å². The maximum Gasteiger partial charge on any atom is 0.220 e. The van der Waals surface area contributed by atoms with Gasteiger partial charge in [0.1, 0.15) is 0 Å². The Morgan fingerprint density at radius 1 is 1.47 bits per heavy atom. The molecule has 0 saturated heterocycles. The van der Waals surface area contributed by atoms with Gasteiger partial charge in [-0.2, -0.15) is 0 Å². The molecule has 0 heterocycles. The summed E-state index contributed by atoms with van der Waals surface area (Å²) in [7, 11) is 0.475. The Labute approximate surface area is 103 Å². The number of hydrogen-bond acceptors (Lipinski definition) is 4. The van der Waals surface area contributed by atoms with Gasteiger partial charge in [0, 0.05) is 18.7 Å². The summed E-state index contributed by atoms with van der Waals surface area (Å²) >= 11 is 0. The van der Waals surface area contributed by atoms with Crippen LogP contribution in [0.25, 0.3) is 0 Å². The maximum atomic E-state index is 11.3. The molecule has 1 saturated carbocycles. The first-order chi connectivity index (χ1) is 8.04. The summed E-state index contributed by atoms with van der Waals surface area (Å²) in [5.74, 6) is -0.258. The van der Waals surface area contributed by atoms with Crippen molar-refractivity contribution in [1.29, 1.82) is 0 Å². The van der Waals surface area contributed by atoms with Gasteiger partial charge < -0.3 is 20.6 Å². The third kappa shape index (κ3) is 3.38. The average Bonchev–Trinajstić information content (AvgIpc) is 2.33. The number of rotatable bonds is 4. The lowest BCUT2D eigenvalue weighted by Gasteiger charge is -2.42. The zero-order valence-electron chi connectivity index (χ0n) is 10.3. The van der Waals surface area contributed by atoms with Crippen LogP contribution in [0.2, 0.25) is 0 Å². The molecule has 0 radical (unpaired) electrons. The minimum Gasteiger partial charge on any atom is -0.396 e. The van der Waals surface area contributed by atoms with E-state index >= 15 is 0 Å². The lowest BCUT2D eigenvalue weighted by molar-refractivity contribution is -0.125. The Hall–Kier alpha value is -0.220. The normalized spacial score (nSPS) is 38.5. The quantitative estimate of drug-likeness (QED) is 0.505. The van der Waals surface area contributed by atoms with E-state index in [1.54, 1.807) is 6.92 Å². The third-order valence-electron chi connectivity index (χ3n) is 3.42. The summed E-state index contributed by atoms with van der Waals surface area (Å²) in [6.45, 7) is 3.66. The SMILES string of the molecule is CCC(=O)NC1C(O)CC(CO)C(PC)C1O. The fourth-order valence-corrected chi connectivity index (χ4v) is 3.66. The molecule has 0 aliphatic heterocycles. The largest absolute Gasteiger partial charge is 0.396 e. The molecule has 1 rings (SSSR count). The van der Waals surface area contributed by atoms with Crippen LogP contribution in [0.5, 0.6) is 0 Å². The molecule has 0 spiro atoms. The smallest absolute Gasteiger partial charge is 0.220 e. The van der Waals surface area contributed by atoms with Gasteiger partial charge in [0.2, 0.25) is 5.91 Å². The minimum atomic E-state index is -0.787. The third-order valence-corrected chi connectivity index (χ3v) is 4.90. The van der Waals surface area contributed by atoms with Gasteiger partial charge in [-0.25, -0.2) is 0 Å². The van der Waals surface area contributed by atoms with Gasteiger partial charge in [0.05, 0.1) is 18.2 Å². The van der Waals surface area contributed by atoms with E-state index in [1.165, 1.54) is 0 Å². The van der Waals surface area contributed by atoms with E-state index in [2.05, 4.69) is 5.32 Å². The van der Waals surface area contributed by atoms with Crippen molar-refractivity contribution < 1.29 is 20.1 Å². The first-order valence-electron chi connectivity index (χ1n) is 5.98. The summed E-state index contributed by atoms with van der Waals surface area (Å²) in [5, 5.41) is 32.0. The second kappa shape index (κ2) is 6.64. The van der Waals surface area contributed by atoms with Crippen molar-refractivity contribution in [3.8, 4) is 0 Å². The van der Waals surface area contributed by atoms with Gasteiger partial charge >= 0.3 is 0 Å². The van der Waals surface area contributed by atoms with Crippen molar-refractivity contribution in [1.82, 2.24) is 5.32 Å². The molecule has 0 aromatic carbocycles. The van der Waals surface area contributed by atoms with E-state index in [0.29, 0.717) is 21.4 Å². The Morgan fingerprint density at radius 2 is 2.12 bits per heavy atom. The molecule has 6 unspecified atom stereocenters. The molecule has 0 aromatic heterocycles. The highest BCUT2D eigenvalue weighted by Gasteiger charge is 2.42. The van der Waals surface area contributed by atoms with E-state index in [1.807, 2.05) is 6.66 Å². The van der Waals surface area contributed by atoms with Crippen LogP contribution >= 0.6 is 8.58 Å². The average molecular weight is 263 g/mol. The molecule has 4 N–H and O–H groups in total. The highest BCUT2D eigenvalue weighted by molar-refractivity contribution is 7.38. The Kier molecular flexibility index (Phi) is 5.80. The van der Waals surface area contributed by atoms with Crippen molar-refractivity contribution in [2.75, 3.05) is 13.3 Å². The second-order valence-corrected chi connectivity index (χ2v) is 5.74. The van der Waals surface area contributed by atoms with Crippen LogP contribution in [0.4, 0.5) is 0 Å². The summed E-state index contributed by atoms with van der Waals surface area (Å²) in [5.41, 5.74) is -0.0504. The van der Waals surface area contributed by atoms with Gasteiger partial charge in [-0.3, -0.25) is 4.79 Å². The second-order valence-electron chi connectivity index (χ2n) is 4.50. The van der Waals surface area contributed by atoms with Crippen LogP contribution in [-0.4, -0.2) is 58.4 Å². The Bertz CT molecular complexity index is 264. The molecule has 17 heavy (non-hydrogen) atoms. The maximum absolute atomic E-state index is 11.3. The van der Waals surface area contributed by atoms with Crippen LogP contribution in [0.15, 0.2) is 0 Å². The number of aliphatic hydroxyl groups is 3. The minimum absolute atomic E-state index is 0.0337. The Balaban J connectivity index is 2.74. The van der Waals surface area contributed by atoms with Crippen molar-refractivity contribution in [2.24, 2.45) is 5.92 Å². The predicted molar refractivity (Wildman–Crippen MR) is 67.5 cm³/mol. The molecule has 5 nitrogen and oxygen atoms in total. The number of amides is 1. The van der Waals surface area contributed by atoms with Crippen molar-refractivity contribution in [3.05, 3.63) is 0 Å². The van der Waals surface area contributed by atoms with Crippen LogP contribution < -0.4 is 5.32 Å². The van der Waals surface area contributed by atoms with Crippen LogP contribution in [0.1, 0.15) is 19.8 Å². The highest BCUT2D eigenvalue weighted by Crippen LogP contribution is 2.35. The van der Waals surface area contributed by atoms with Crippen molar-refractivity contribution in [2.45, 2.75) is 43.7 Å². The topological polar surface area (TPSA) is 89.8 Å². The number of carbonyl (C=O) groups is 1. The van der Waals surface area contributed by atoms with Gasteiger partial charge in [0.15, 0.2) is 0 Å². The Morgan fingerprint density at radius 3 is 2.59 bits per heavy atom. The molecular formula is C11H22NO4P. The number of aliphatic hydroxyl groups excluding tert-OH is 3. The molecule has 100 valence electrons. The van der Waals surface area contributed by atoms with E-state index in [4.69, 9.17) is 0 Å². The standard InChI is InChI=1S/C11H22NO4P/c1-3-8(15)12-9-7(14)4-6(5-13)11(17-2)10(9)16/h6-7,9-11,13-14,16-17H,3-5H2,1-2H3,(H,12,15). The molecular weight excluding hydrogens is 241 g/mol. The first-order valence-corrected chi connectivity index (χ1v) is 7.56. The number of nitrogens with one attached hydrogen (secondary N) is 1. The number of hydrogen-bond donors (Lipinski definition) is 4. The summed E-state index contributed by atoms with van der Waals surface area (Å²) < 4.78 is 0. The summed E-state index contributed by atoms with van der Waals surface area (Å²) in [6.07, 6.45) is -0.813. The molecule has 6 atom stereocenters. The van der Waals surface area contributed by atoms with E-state index < -0.39 is 18.2 Å². The molecule has 1 aliphatic rings. The van der Waals surface area contributed by atoms with E-state index in [0.717, 1.165) is 0 Å². The fourth-order valence-electron chi connectivity index (χ4n) is 2.40. The summed E-state index contributed by atoms with van der Waals surface area (Å²) in [4.78, 5) is 11.3. The van der Waals surface area contributed by atoms with Crippen molar-refractivity contribution in [3.63, 3.8) is 0 Å². The van der Waals surface area contributed by atoms with E-state index in [-0.39, 0.29) is 24.1 Å². The predicted octanol–water partition coefficient (Wildman–Crippen LogP) is -0.708. The lowest BCUT2D eigenvalue weighted by Crippen LogP contribution is -2.60. The lowest BCUT2D eigenvalue weighted by atomic mass is 9.81. The first kappa shape index (κ1) is 14.8. The van der Waals surface area contributed by atoms with Gasteiger partial charge in [-0.05, 0) is 19.0 Å². The fraction of sp³-hybridized carbons (Fsp3) is 0.909. The van der Waals surface area contributed by atoms with Gasteiger partial charge in [-0.15, -0.1) is 8.58 Å². The van der Waals surface area contributed by atoms with Crippen LogP contribution in [0, 0.1) is 5.92 Å². The van der Waals surface area contributed by atoms with Gasteiger partial charge in [-0.1, -0.05) is 6.92 Å². The monoisotopic (exact) mass is 263 g/mol. The molecule has 6 heteroatoms. The molecule has 0 bridgehead atoms. The van der Waals surface area contributed by atoms with Crippen molar-refractivity contribution >= 4 is 14.5 Å².